The number of carbonyl (C=O) groups excluding carboxylic acids is 1. The number of benzene rings is 1. The van der Waals surface area contributed by atoms with Crippen LogP contribution < -0.4 is 5.73 Å². The Morgan fingerprint density at radius 2 is 2.06 bits per heavy atom. The van der Waals surface area contributed by atoms with Crippen molar-refractivity contribution >= 4 is 11.6 Å². The fraction of sp³-hybridized carbons (Fsp3) is 0.300. The average Bonchev–Trinajstić information content (AvgIpc) is 2.26. The SMILES string of the molecule is CC(F)C(F)c1ccc(C(N)=O)cc1[N+](=O)[O-]. The maximum atomic E-state index is 13.4. The topological polar surface area (TPSA) is 86.2 Å². The van der Waals surface area contributed by atoms with Crippen LogP contribution >= 0.6 is 0 Å². The van der Waals surface area contributed by atoms with E-state index in [1.54, 1.807) is 0 Å². The summed E-state index contributed by atoms with van der Waals surface area (Å²) < 4.78 is 26.2. The molecule has 0 spiro atoms. The van der Waals surface area contributed by atoms with E-state index in [1.165, 1.54) is 0 Å². The maximum Gasteiger partial charge on any atom is 0.276 e. The molecule has 7 heteroatoms. The highest BCUT2D eigenvalue weighted by Gasteiger charge is 2.27. The van der Waals surface area contributed by atoms with Gasteiger partial charge in [-0.15, -0.1) is 0 Å². The third kappa shape index (κ3) is 2.74. The molecule has 0 aliphatic heterocycles. The number of nitrogens with zero attached hydrogens (tertiary/aromatic N) is 1. The number of nitro benzene ring substituents is 1. The zero-order chi connectivity index (χ0) is 13.2. The molecule has 0 aliphatic rings. The van der Waals surface area contributed by atoms with E-state index in [0.717, 1.165) is 25.1 Å². The van der Waals surface area contributed by atoms with E-state index in [1.807, 2.05) is 0 Å². The second-order valence-electron chi connectivity index (χ2n) is 3.47. The molecule has 2 unspecified atom stereocenters. The highest BCUT2D eigenvalue weighted by Crippen LogP contribution is 2.32. The zero-order valence-electron chi connectivity index (χ0n) is 8.89. The van der Waals surface area contributed by atoms with Crippen molar-refractivity contribution in [1.82, 2.24) is 0 Å². The van der Waals surface area contributed by atoms with Gasteiger partial charge in [-0.1, -0.05) is 0 Å². The Morgan fingerprint density at radius 1 is 1.47 bits per heavy atom. The maximum absolute atomic E-state index is 13.4. The molecule has 1 aromatic carbocycles. The van der Waals surface area contributed by atoms with Crippen LogP contribution in [0.25, 0.3) is 0 Å². The second kappa shape index (κ2) is 4.86. The van der Waals surface area contributed by atoms with Gasteiger partial charge in [-0.2, -0.15) is 0 Å². The van der Waals surface area contributed by atoms with Crippen molar-refractivity contribution in [3.05, 3.63) is 39.4 Å². The number of alkyl halides is 2. The molecule has 0 aromatic heterocycles. The first-order chi connectivity index (χ1) is 7.84. The Bertz CT molecular complexity index is 463. The quantitative estimate of drug-likeness (QED) is 0.649. The van der Waals surface area contributed by atoms with Gasteiger partial charge in [0.25, 0.3) is 5.69 Å². The van der Waals surface area contributed by atoms with Gasteiger partial charge in [-0.05, 0) is 19.1 Å². The molecule has 0 radical (unpaired) electrons. The molecule has 0 saturated carbocycles. The predicted octanol–water partition coefficient (Wildman–Crippen LogP) is 2.06. The van der Waals surface area contributed by atoms with E-state index in [0.29, 0.717) is 0 Å². The van der Waals surface area contributed by atoms with Crippen LogP contribution in [0, 0.1) is 10.1 Å². The van der Waals surface area contributed by atoms with E-state index in [2.05, 4.69) is 0 Å². The van der Waals surface area contributed by atoms with Crippen molar-refractivity contribution in [2.75, 3.05) is 0 Å². The lowest BCUT2D eigenvalue weighted by Gasteiger charge is -2.10. The molecule has 0 bridgehead atoms. The molecule has 2 N–H and O–H groups in total. The summed E-state index contributed by atoms with van der Waals surface area (Å²) in [6, 6.07) is 2.96. The minimum atomic E-state index is -2.11. The van der Waals surface area contributed by atoms with E-state index in [9.17, 15) is 23.7 Å². The standard InChI is InChI=1S/C10H10F2N2O3/c1-5(11)9(12)7-3-2-6(10(13)15)4-8(7)14(16)17/h2-5,9H,1H3,(H2,13,15). The molecule has 0 saturated heterocycles. The number of amides is 1. The smallest absolute Gasteiger partial charge is 0.276 e. The number of nitrogens with two attached hydrogens (primary N) is 1. The highest BCUT2D eigenvalue weighted by atomic mass is 19.2. The van der Waals surface area contributed by atoms with Crippen LogP contribution in [0.1, 0.15) is 29.0 Å². The number of primary amides is 1. The first kappa shape index (κ1) is 13.0. The lowest BCUT2D eigenvalue weighted by molar-refractivity contribution is -0.386. The lowest BCUT2D eigenvalue weighted by Crippen LogP contribution is -2.13. The Hall–Kier alpha value is -2.05. The van der Waals surface area contributed by atoms with Gasteiger partial charge in [0.15, 0.2) is 6.17 Å². The van der Waals surface area contributed by atoms with Gasteiger partial charge in [0, 0.05) is 11.6 Å². The van der Waals surface area contributed by atoms with Crippen molar-refractivity contribution in [3.63, 3.8) is 0 Å². The van der Waals surface area contributed by atoms with Gasteiger partial charge in [-0.3, -0.25) is 14.9 Å². The van der Waals surface area contributed by atoms with E-state index < -0.39 is 34.4 Å². The van der Waals surface area contributed by atoms with Crippen molar-refractivity contribution in [2.24, 2.45) is 5.73 Å². The number of carbonyl (C=O) groups is 1. The van der Waals surface area contributed by atoms with Gasteiger partial charge in [0.1, 0.15) is 6.17 Å². The van der Waals surface area contributed by atoms with Gasteiger partial charge in [-0.25, -0.2) is 8.78 Å². The Balaban J connectivity index is 3.32. The first-order valence-electron chi connectivity index (χ1n) is 4.71. The van der Waals surface area contributed by atoms with Crippen molar-refractivity contribution in [2.45, 2.75) is 19.3 Å². The summed E-state index contributed by atoms with van der Waals surface area (Å²) in [5, 5.41) is 10.7. The number of nitro groups is 1. The van der Waals surface area contributed by atoms with Gasteiger partial charge < -0.3 is 5.73 Å². The zero-order valence-corrected chi connectivity index (χ0v) is 8.89. The highest BCUT2D eigenvalue weighted by molar-refractivity contribution is 5.93. The summed E-state index contributed by atoms with van der Waals surface area (Å²) in [4.78, 5) is 20.6. The number of rotatable bonds is 4. The van der Waals surface area contributed by atoms with Crippen molar-refractivity contribution in [1.29, 1.82) is 0 Å². The van der Waals surface area contributed by atoms with E-state index in [4.69, 9.17) is 5.73 Å². The fourth-order valence-corrected chi connectivity index (χ4v) is 1.34. The number of halogens is 2. The van der Waals surface area contributed by atoms with E-state index >= 15 is 0 Å². The summed E-state index contributed by atoms with van der Waals surface area (Å²) in [7, 11) is 0. The summed E-state index contributed by atoms with van der Waals surface area (Å²) in [5.41, 5.74) is 3.75. The van der Waals surface area contributed by atoms with E-state index in [-0.39, 0.29) is 5.56 Å². The Kier molecular flexibility index (Phi) is 3.72. The first-order valence-corrected chi connectivity index (χ1v) is 4.71. The van der Waals surface area contributed by atoms with Crippen LogP contribution in [0.3, 0.4) is 0 Å². The Morgan fingerprint density at radius 3 is 2.47 bits per heavy atom. The molecule has 0 heterocycles. The molecule has 2 atom stereocenters. The minimum absolute atomic E-state index is 0.126. The van der Waals surface area contributed by atoms with Gasteiger partial charge in [0.2, 0.25) is 5.91 Å². The normalized spacial score (nSPS) is 14.1. The Labute approximate surface area is 95.4 Å². The van der Waals surface area contributed by atoms with Gasteiger partial charge in [0.05, 0.1) is 10.5 Å². The van der Waals surface area contributed by atoms with Crippen LogP contribution in [0.4, 0.5) is 14.5 Å². The summed E-state index contributed by atoms with van der Waals surface area (Å²) >= 11 is 0. The third-order valence-electron chi connectivity index (χ3n) is 2.21. The number of hydrogen-bond acceptors (Lipinski definition) is 3. The summed E-state index contributed by atoms with van der Waals surface area (Å²) in [6.07, 6.45) is -3.99. The van der Waals surface area contributed by atoms with Crippen molar-refractivity contribution < 1.29 is 18.5 Å². The third-order valence-corrected chi connectivity index (χ3v) is 2.21. The minimum Gasteiger partial charge on any atom is -0.366 e. The molecule has 17 heavy (non-hydrogen) atoms. The summed E-state index contributed by atoms with van der Waals surface area (Å²) in [6.45, 7) is 0.955. The molecular formula is C10H10F2N2O3. The van der Waals surface area contributed by atoms with Crippen LogP contribution in [-0.4, -0.2) is 17.0 Å². The molecule has 5 nitrogen and oxygen atoms in total. The summed E-state index contributed by atoms with van der Waals surface area (Å²) in [5.74, 6) is -0.872. The van der Waals surface area contributed by atoms with Crippen LogP contribution in [0.5, 0.6) is 0 Å². The molecule has 1 aromatic rings. The van der Waals surface area contributed by atoms with Crippen LogP contribution in [0.2, 0.25) is 0 Å². The predicted molar refractivity (Wildman–Crippen MR) is 56.0 cm³/mol. The molecular weight excluding hydrogens is 234 g/mol. The van der Waals surface area contributed by atoms with Crippen molar-refractivity contribution in [3.8, 4) is 0 Å². The van der Waals surface area contributed by atoms with Crippen LogP contribution in [-0.2, 0) is 0 Å². The monoisotopic (exact) mass is 244 g/mol. The molecule has 1 amide bonds. The second-order valence-corrected chi connectivity index (χ2v) is 3.47. The average molecular weight is 244 g/mol. The largest absolute Gasteiger partial charge is 0.366 e. The molecule has 1 rings (SSSR count). The van der Waals surface area contributed by atoms with Gasteiger partial charge >= 0.3 is 0 Å². The lowest BCUT2D eigenvalue weighted by atomic mass is 10.0. The molecule has 92 valence electrons. The molecule has 0 aliphatic carbocycles. The molecule has 0 fully saturated rings. The number of hydrogen-bond donors (Lipinski definition) is 1. The fourth-order valence-electron chi connectivity index (χ4n) is 1.34. The van der Waals surface area contributed by atoms with Crippen LogP contribution in [0.15, 0.2) is 18.2 Å².